The summed E-state index contributed by atoms with van der Waals surface area (Å²) in [5.41, 5.74) is 0.710. The number of hydrogen-bond acceptors (Lipinski definition) is 3. The molecule has 4 heteroatoms. The second kappa shape index (κ2) is 4.61. The third-order valence-corrected chi connectivity index (χ3v) is 2.92. The molecule has 3 nitrogen and oxygen atoms in total. The van der Waals surface area contributed by atoms with E-state index in [1.807, 2.05) is 24.3 Å². The number of aliphatic hydroxyl groups is 1. The van der Waals surface area contributed by atoms with Crippen LogP contribution < -0.4 is 0 Å². The van der Waals surface area contributed by atoms with Gasteiger partial charge in [0.25, 0.3) is 0 Å². The highest BCUT2D eigenvalue weighted by Gasteiger charge is 2.44. The van der Waals surface area contributed by atoms with E-state index in [9.17, 15) is 0 Å². The van der Waals surface area contributed by atoms with Gasteiger partial charge in [0.2, 0.25) is 0 Å². The van der Waals surface area contributed by atoms with Gasteiger partial charge in [0.05, 0.1) is 26.4 Å². The van der Waals surface area contributed by atoms with E-state index < -0.39 is 5.60 Å². The number of aliphatic hydroxyl groups excluding tert-OH is 1. The number of epoxide rings is 1. The zero-order valence-corrected chi connectivity index (χ0v) is 9.87. The highest BCUT2D eigenvalue weighted by molar-refractivity contribution is 9.10. The van der Waals surface area contributed by atoms with Crippen molar-refractivity contribution in [2.45, 2.75) is 12.2 Å². The van der Waals surface area contributed by atoms with E-state index in [-0.39, 0.29) is 6.61 Å². The lowest BCUT2D eigenvalue weighted by atomic mass is 10.2. The second-order valence-corrected chi connectivity index (χ2v) is 4.66. The van der Waals surface area contributed by atoms with Gasteiger partial charge in [0.1, 0.15) is 5.60 Å². The van der Waals surface area contributed by atoms with Gasteiger partial charge >= 0.3 is 0 Å². The fourth-order valence-corrected chi connectivity index (χ4v) is 1.52. The van der Waals surface area contributed by atoms with Crippen LogP contribution in [0.3, 0.4) is 0 Å². The summed E-state index contributed by atoms with van der Waals surface area (Å²) in [6, 6.07) is 7.97. The Morgan fingerprint density at radius 3 is 2.60 bits per heavy atom. The first-order valence-corrected chi connectivity index (χ1v) is 5.60. The minimum atomic E-state index is -0.407. The maximum Gasteiger partial charge on any atom is 0.138 e. The average molecular weight is 273 g/mol. The third-order valence-electron chi connectivity index (χ3n) is 2.39. The monoisotopic (exact) mass is 272 g/mol. The lowest BCUT2D eigenvalue weighted by Crippen LogP contribution is -2.23. The summed E-state index contributed by atoms with van der Waals surface area (Å²) in [6.45, 7) is 1.65. The molecule has 0 amide bonds. The van der Waals surface area contributed by atoms with E-state index in [2.05, 4.69) is 15.9 Å². The van der Waals surface area contributed by atoms with Crippen LogP contribution in [-0.4, -0.2) is 30.5 Å². The standard InChI is InChI=1S/C11H13BrO3/c12-10-3-1-9(2-4-10)5-14-7-11(6-13)8-15-11/h1-4,13H,5-8H2. The maximum absolute atomic E-state index is 8.98. The zero-order valence-electron chi connectivity index (χ0n) is 8.28. The van der Waals surface area contributed by atoms with E-state index in [1.165, 1.54) is 0 Å². The highest BCUT2D eigenvalue weighted by atomic mass is 79.9. The van der Waals surface area contributed by atoms with E-state index in [4.69, 9.17) is 14.6 Å². The first kappa shape index (κ1) is 11.1. The Bertz CT molecular complexity index is 319. The Hall–Kier alpha value is -0.420. The molecule has 82 valence electrons. The number of benzene rings is 1. The van der Waals surface area contributed by atoms with Gasteiger partial charge in [-0.3, -0.25) is 0 Å². The van der Waals surface area contributed by atoms with Crippen LogP contribution in [0.4, 0.5) is 0 Å². The summed E-state index contributed by atoms with van der Waals surface area (Å²) < 4.78 is 11.7. The predicted molar refractivity (Wildman–Crippen MR) is 59.6 cm³/mol. The zero-order chi connectivity index (χ0) is 10.7. The lowest BCUT2D eigenvalue weighted by molar-refractivity contribution is 0.0412. The number of ether oxygens (including phenoxy) is 2. The third kappa shape index (κ3) is 3.01. The first-order valence-electron chi connectivity index (χ1n) is 4.81. The molecule has 0 aliphatic carbocycles. The molecular formula is C11H13BrO3. The molecule has 0 saturated carbocycles. The van der Waals surface area contributed by atoms with E-state index in [0.717, 1.165) is 10.0 Å². The van der Waals surface area contributed by atoms with Crippen LogP contribution in [0.5, 0.6) is 0 Å². The summed E-state index contributed by atoms with van der Waals surface area (Å²) >= 11 is 3.37. The smallest absolute Gasteiger partial charge is 0.138 e. The van der Waals surface area contributed by atoms with Crippen molar-refractivity contribution >= 4 is 15.9 Å². The van der Waals surface area contributed by atoms with Crippen LogP contribution in [-0.2, 0) is 16.1 Å². The molecule has 1 N–H and O–H groups in total. The molecule has 0 bridgehead atoms. The maximum atomic E-state index is 8.98. The topological polar surface area (TPSA) is 42.0 Å². The molecule has 1 aromatic carbocycles. The summed E-state index contributed by atoms with van der Waals surface area (Å²) in [4.78, 5) is 0. The molecular weight excluding hydrogens is 260 g/mol. The van der Waals surface area contributed by atoms with Gasteiger partial charge in [-0.05, 0) is 17.7 Å². The van der Waals surface area contributed by atoms with Crippen molar-refractivity contribution in [3.05, 3.63) is 34.3 Å². The summed E-state index contributed by atoms with van der Waals surface area (Å²) in [5, 5.41) is 8.98. The fourth-order valence-electron chi connectivity index (χ4n) is 1.26. The number of rotatable bonds is 5. The van der Waals surface area contributed by atoms with Gasteiger partial charge in [-0.2, -0.15) is 0 Å². The molecule has 1 unspecified atom stereocenters. The Balaban J connectivity index is 1.76. The minimum Gasteiger partial charge on any atom is -0.393 e. The van der Waals surface area contributed by atoms with Crippen molar-refractivity contribution in [1.82, 2.24) is 0 Å². The Morgan fingerprint density at radius 2 is 2.07 bits per heavy atom. The van der Waals surface area contributed by atoms with Gasteiger partial charge in [0.15, 0.2) is 0 Å². The van der Waals surface area contributed by atoms with Gasteiger partial charge in [-0.15, -0.1) is 0 Å². The Morgan fingerprint density at radius 1 is 1.40 bits per heavy atom. The van der Waals surface area contributed by atoms with Crippen LogP contribution in [0.2, 0.25) is 0 Å². The molecule has 1 aromatic rings. The number of hydrogen-bond donors (Lipinski definition) is 1. The SMILES string of the molecule is OCC1(COCc2ccc(Br)cc2)CO1. The molecule has 1 heterocycles. The molecule has 2 rings (SSSR count). The van der Waals surface area contributed by atoms with Gasteiger partial charge < -0.3 is 14.6 Å². The van der Waals surface area contributed by atoms with Crippen molar-refractivity contribution in [2.24, 2.45) is 0 Å². The lowest BCUT2D eigenvalue weighted by Gasteiger charge is -2.09. The van der Waals surface area contributed by atoms with Gasteiger partial charge in [-0.1, -0.05) is 28.1 Å². The predicted octanol–water partition coefficient (Wildman–Crippen LogP) is 1.73. The van der Waals surface area contributed by atoms with E-state index in [1.54, 1.807) is 0 Å². The van der Waals surface area contributed by atoms with Gasteiger partial charge in [0, 0.05) is 4.47 Å². The first-order chi connectivity index (χ1) is 7.24. The highest BCUT2D eigenvalue weighted by Crippen LogP contribution is 2.26. The average Bonchev–Trinajstić information content (AvgIpc) is 3.02. The molecule has 1 fully saturated rings. The molecule has 0 aromatic heterocycles. The Kier molecular flexibility index (Phi) is 3.41. The van der Waals surface area contributed by atoms with Crippen LogP contribution >= 0.6 is 15.9 Å². The van der Waals surface area contributed by atoms with Crippen molar-refractivity contribution in [1.29, 1.82) is 0 Å². The van der Waals surface area contributed by atoms with Gasteiger partial charge in [-0.25, -0.2) is 0 Å². The molecule has 1 aliphatic rings. The van der Waals surface area contributed by atoms with Crippen LogP contribution in [0.15, 0.2) is 28.7 Å². The quantitative estimate of drug-likeness (QED) is 0.831. The molecule has 1 atom stereocenters. The summed E-state index contributed by atoms with van der Waals surface area (Å²) in [7, 11) is 0. The summed E-state index contributed by atoms with van der Waals surface area (Å²) in [6.07, 6.45) is 0. The van der Waals surface area contributed by atoms with Crippen LogP contribution in [0.1, 0.15) is 5.56 Å². The van der Waals surface area contributed by atoms with Crippen molar-refractivity contribution in [3.8, 4) is 0 Å². The van der Waals surface area contributed by atoms with Crippen LogP contribution in [0.25, 0.3) is 0 Å². The molecule has 0 spiro atoms. The van der Waals surface area contributed by atoms with Crippen molar-refractivity contribution in [3.63, 3.8) is 0 Å². The fraction of sp³-hybridized carbons (Fsp3) is 0.455. The van der Waals surface area contributed by atoms with E-state index >= 15 is 0 Å². The second-order valence-electron chi connectivity index (χ2n) is 3.75. The summed E-state index contributed by atoms with van der Waals surface area (Å²) in [5.74, 6) is 0. The molecule has 1 saturated heterocycles. The molecule has 0 radical (unpaired) electrons. The van der Waals surface area contributed by atoms with Crippen molar-refractivity contribution < 1.29 is 14.6 Å². The minimum absolute atomic E-state index is 0.0351. The largest absolute Gasteiger partial charge is 0.393 e. The van der Waals surface area contributed by atoms with Crippen molar-refractivity contribution in [2.75, 3.05) is 19.8 Å². The number of halogens is 1. The van der Waals surface area contributed by atoms with Crippen LogP contribution in [0, 0.1) is 0 Å². The molecule has 1 aliphatic heterocycles. The van der Waals surface area contributed by atoms with E-state index in [0.29, 0.717) is 19.8 Å². The Labute approximate surface area is 97.1 Å². The normalized spacial score (nSPS) is 24.1. The molecule has 15 heavy (non-hydrogen) atoms.